The molecule has 0 aliphatic carbocycles. The van der Waals surface area contributed by atoms with Crippen molar-refractivity contribution in [3.63, 3.8) is 0 Å². The first kappa shape index (κ1) is 15.2. The van der Waals surface area contributed by atoms with Crippen LogP contribution in [0.4, 0.5) is 0 Å². The van der Waals surface area contributed by atoms with Crippen molar-refractivity contribution >= 4 is 6.08 Å². The monoisotopic (exact) mass is 284 g/mol. The lowest BCUT2D eigenvalue weighted by Gasteiger charge is -2.04. The Balaban J connectivity index is 2.02. The molecule has 4 nitrogen and oxygen atoms in total. The van der Waals surface area contributed by atoms with Crippen LogP contribution < -0.4 is 4.74 Å². The van der Waals surface area contributed by atoms with Crippen molar-refractivity contribution in [3.05, 3.63) is 48.3 Å². The van der Waals surface area contributed by atoms with Crippen LogP contribution in [-0.2, 0) is 0 Å². The molecule has 0 atom stereocenters. The molecule has 0 radical (unpaired) electrons. The van der Waals surface area contributed by atoms with Crippen LogP contribution in [0.25, 0.3) is 17.5 Å². The van der Waals surface area contributed by atoms with Gasteiger partial charge in [0.25, 0.3) is 0 Å². The molecule has 1 heterocycles. The molecule has 0 fully saturated rings. The van der Waals surface area contributed by atoms with E-state index in [9.17, 15) is 0 Å². The van der Waals surface area contributed by atoms with Gasteiger partial charge < -0.3 is 9.84 Å². The van der Waals surface area contributed by atoms with Crippen molar-refractivity contribution in [1.29, 1.82) is 0 Å². The van der Waals surface area contributed by atoms with E-state index in [1.54, 1.807) is 12.4 Å². The molecule has 21 heavy (non-hydrogen) atoms. The van der Waals surface area contributed by atoms with Crippen LogP contribution in [0, 0.1) is 0 Å². The SMILES string of the molecule is CCOc1cnc(-c2ccc(/C=C/CCCO)cc2)nc1. The Morgan fingerprint density at radius 1 is 1.14 bits per heavy atom. The predicted octanol–water partition coefficient (Wildman–Crippen LogP) is 3.33. The zero-order valence-electron chi connectivity index (χ0n) is 12.2. The van der Waals surface area contributed by atoms with E-state index >= 15 is 0 Å². The van der Waals surface area contributed by atoms with E-state index in [-0.39, 0.29) is 6.61 Å². The number of allylic oxidation sites excluding steroid dienone is 1. The zero-order valence-corrected chi connectivity index (χ0v) is 12.2. The number of rotatable bonds is 7. The molecule has 2 aromatic rings. The van der Waals surface area contributed by atoms with Crippen molar-refractivity contribution < 1.29 is 9.84 Å². The third-order valence-corrected chi connectivity index (χ3v) is 2.95. The Hall–Kier alpha value is -2.20. The Labute approximate surface area is 125 Å². The maximum atomic E-state index is 8.72. The molecule has 0 spiro atoms. The van der Waals surface area contributed by atoms with Crippen molar-refractivity contribution in [2.75, 3.05) is 13.2 Å². The standard InChI is InChI=1S/C17H20N2O2/c1-2-21-16-12-18-17(19-13-16)15-9-7-14(8-10-15)6-4-3-5-11-20/h4,6-10,12-13,20H,2-3,5,11H2,1H3/b6-4+. The Bertz CT molecular complexity index is 562. The third kappa shape index (κ3) is 4.68. The largest absolute Gasteiger partial charge is 0.491 e. The molecule has 2 rings (SSSR count). The van der Waals surface area contributed by atoms with Crippen molar-refractivity contribution in [1.82, 2.24) is 9.97 Å². The van der Waals surface area contributed by atoms with Crippen LogP contribution in [0.2, 0.25) is 0 Å². The van der Waals surface area contributed by atoms with E-state index in [0.29, 0.717) is 18.2 Å². The van der Waals surface area contributed by atoms with Gasteiger partial charge in [-0.1, -0.05) is 36.4 Å². The minimum Gasteiger partial charge on any atom is -0.491 e. The average molecular weight is 284 g/mol. The molecule has 1 N–H and O–H groups in total. The highest BCUT2D eigenvalue weighted by molar-refractivity contribution is 5.59. The summed E-state index contributed by atoms with van der Waals surface area (Å²) < 4.78 is 5.33. The van der Waals surface area contributed by atoms with Crippen molar-refractivity contribution in [2.24, 2.45) is 0 Å². The fourth-order valence-corrected chi connectivity index (χ4v) is 1.88. The van der Waals surface area contributed by atoms with E-state index < -0.39 is 0 Å². The number of hydrogen-bond acceptors (Lipinski definition) is 4. The summed E-state index contributed by atoms with van der Waals surface area (Å²) in [5.74, 6) is 1.37. The maximum absolute atomic E-state index is 8.72. The van der Waals surface area contributed by atoms with Gasteiger partial charge in [0.05, 0.1) is 19.0 Å². The Kier molecular flexibility index (Phi) is 5.91. The van der Waals surface area contributed by atoms with Gasteiger partial charge in [0, 0.05) is 12.2 Å². The van der Waals surface area contributed by atoms with Crippen LogP contribution in [-0.4, -0.2) is 28.3 Å². The third-order valence-electron chi connectivity index (χ3n) is 2.95. The van der Waals surface area contributed by atoms with Crippen LogP contribution >= 0.6 is 0 Å². The minimum absolute atomic E-state index is 0.234. The second kappa shape index (κ2) is 8.17. The molecule has 1 aromatic heterocycles. The number of aliphatic hydroxyl groups is 1. The van der Waals surface area contributed by atoms with E-state index in [4.69, 9.17) is 9.84 Å². The predicted molar refractivity (Wildman–Crippen MR) is 84.0 cm³/mol. The number of unbranched alkanes of at least 4 members (excludes halogenated alkanes) is 1. The van der Waals surface area contributed by atoms with Crippen molar-refractivity contribution in [3.8, 4) is 17.1 Å². The van der Waals surface area contributed by atoms with Gasteiger partial charge in [0.2, 0.25) is 0 Å². The molecule has 0 aliphatic heterocycles. The summed E-state index contributed by atoms with van der Waals surface area (Å²) in [4.78, 5) is 8.60. The van der Waals surface area contributed by atoms with Gasteiger partial charge in [-0.2, -0.15) is 0 Å². The molecule has 1 aromatic carbocycles. The normalized spacial score (nSPS) is 11.0. The summed E-state index contributed by atoms with van der Waals surface area (Å²) in [6.45, 7) is 2.78. The summed E-state index contributed by atoms with van der Waals surface area (Å²) in [7, 11) is 0. The van der Waals surface area contributed by atoms with Gasteiger partial charge in [0.1, 0.15) is 0 Å². The quantitative estimate of drug-likeness (QED) is 0.792. The number of benzene rings is 1. The van der Waals surface area contributed by atoms with Crippen LogP contribution in [0.15, 0.2) is 42.7 Å². The second-order valence-electron chi connectivity index (χ2n) is 4.57. The zero-order chi connectivity index (χ0) is 14.9. The minimum atomic E-state index is 0.234. The van der Waals surface area contributed by atoms with Gasteiger partial charge in [0.15, 0.2) is 11.6 Å². The molecule has 0 aliphatic rings. The van der Waals surface area contributed by atoms with Gasteiger partial charge in [-0.3, -0.25) is 0 Å². The lowest BCUT2D eigenvalue weighted by Crippen LogP contribution is -1.94. The van der Waals surface area contributed by atoms with Gasteiger partial charge in [-0.15, -0.1) is 0 Å². The fourth-order valence-electron chi connectivity index (χ4n) is 1.88. The van der Waals surface area contributed by atoms with E-state index in [0.717, 1.165) is 24.0 Å². The molecule has 0 unspecified atom stereocenters. The first-order valence-corrected chi connectivity index (χ1v) is 7.16. The molecule has 0 amide bonds. The lowest BCUT2D eigenvalue weighted by molar-refractivity contribution is 0.290. The van der Waals surface area contributed by atoms with E-state index in [1.165, 1.54) is 0 Å². The highest BCUT2D eigenvalue weighted by Gasteiger charge is 2.01. The number of aromatic nitrogens is 2. The van der Waals surface area contributed by atoms with Crippen LogP contribution in [0.3, 0.4) is 0 Å². The van der Waals surface area contributed by atoms with E-state index in [1.807, 2.05) is 31.2 Å². The second-order valence-corrected chi connectivity index (χ2v) is 4.57. The van der Waals surface area contributed by atoms with Gasteiger partial charge in [-0.25, -0.2) is 9.97 Å². The summed E-state index contributed by atoms with van der Waals surface area (Å²) >= 11 is 0. The van der Waals surface area contributed by atoms with Crippen molar-refractivity contribution in [2.45, 2.75) is 19.8 Å². The highest BCUT2D eigenvalue weighted by Crippen LogP contribution is 2.18. The van der Waals surface area contributed by atoms with Gasteiger partial charge >= 0.3 is 0 Å². The molecule has 4 heteroatoms. The summed E-state index contributed by atoms with van der Waals surface area (Å²) in [5, 5.41) is 8.72. The lowest BCUT2D eigenvalue weighted by atomic mass is 10.1. The maximum Gasteiger partial charge on any atom is 0.159 e. The van der Waals surface area contributed by atoms with Gasteiger partial charge in [-0.05, 0) is 25.3 Å². The first-order chi connectivity index (χ1) is 10.3. The molecule has 0 saturated heterocycles. The molecule has 0 saturated carbocycles. The average Bonchev–Trinajstić information content (AvgIpc) is 2.53. The topological polar surface area (TPSA) is 55.2 Å². The Morgan fingerprint density at radius 2 is 1.86 bits per heavy atom. The molecular formula is C17H20N2O2. The highest BCUT2D eigenvalue weighted by atomic mass is 16.5. The van der Waals surface area contributed by atoms with E-state index in [2.05, 4.69) is 22.1 Å². The number of aliphatic hydroxyl groups excluding tert-OH is 1. The molecular weight excluding hydrogens is 264 g/mol. The first-order valence-electron chi connectivity index (χ1n) is 7.16. The summed E-state index contributed by atoms with van der Waals surface area (Å²) in [6.07, 6.45) is 9.19. The number of nitrogens with zero attached hydrogens (tertiary/aromatic N) is 2. The summed E-state index contributed by atoms with van der Waals surface area (Å²) in [5.41, 5.74) is 2.10. The summed E-state index contributed by atoms with van der Waals surface area (Å²) in [6, 6.07) is 8.07. The Morgan fingerprint density at radius 3 is 2.48 bits per heavy atom. The smallest absolute Gasteiger partial charge is 0.159 e. The van der Waals surface area contributed by atoms with Crippen LogP contribution in [0.5, 0.6) is 5.75 Å². The molecule has 110 valence electrons. The van der Waals surface area contributed by atoms with Crippen LogP contribution in [0.1, 0.15) is 25.3 Å². The molecule has 0 bridgehead atoms. The number of hydrogen-bond donors (Lipinski definition) is 1. The number of ether oxygens (including phenoxy) is 1. The fraction of sp³-hybridized carbons (Fsp3) is 0.294.